The third-order valence-corrected chi connectivity index (χ3v) is 7.06. The summed E-state index contributed by atoms with van der Waals surface area (Å²) in [5.41, 5.74) is 5.77. The van der Waals surface area contributed by atoms with Crippen LogP contribution in [0.5, 0.6) is 0 Å². The number of hydrogen-bond acceptors (Lipinski definition) is 4. The van der Waals surface area contributed by atoms with Gasteiger partial charge in [0.1, 0.15) is 0 Å². The lowest BCUT2D eigenvalue weighted by molar-refractivity contribution is 0.196. The van der Waals surface area contributed by atoms with E-state index in [1.54, 1.807) is 10.4 Å². The van der Waals surface area contributed by atoms with Crippen molar-refractivity contribution in [2.45, 2.75) is 57.0 Å². The van der Waals surface area contributed by atoms with Crippen molar-refractivity contribution in [2.24, 2.45) is 5.73 Å². The van der Waals surface area contributed by atoms with Gasteiger partial charge in [-0.2, -0.15) is 4.31 Å². The molecule has 19 heavy (non-hydrogen) atoms. The number of nitrogens with zero attached hydrogens (tertiary/aromatic N) is 1. The summed E-state index contributed by atoms with van der Waals surface area (Å²) in [6.45, 7) is 6.19. The summed E-state index contributed by atoms with van der Waals surface area (Å²) in [6.07, 6.45) is 2.83. The summed E-state index contributed by atoms with van der Waals surface area (Å²) in [6, 6.07) is 1.75. The van der Waals surface area contributed by atoms with Crippen LogP contribution in [0.4, 0.5) is 0 Å². The third-order valence-electron chi connectivity index (χ3n) is 3.78. The van der Waals surface area contributed by atoms with E-state index < -0.39 is 10.0 Å². The Balaban J connectivity index is 2.44. The number of rotatable bonds is 3. The van der Waals surface area contributed by atoms with Gasteiger partial charge >= 0.3 is 0 Å². The molecule has 0 radical (unpaired) electrons. The van der Waals surface area contributed by atoms with Crippen LogP contribution in [-0.4, -0.2) is 31.4 Å². The molecule has 2 rings (SSSR count). The Morgan fingerprint density at radius 1 is 1.42 bits per heavy atom. The van der Waals surface area contributed by atoms with Gasteiger partial charge in [-0.05, 0) is 39.7 Å². The summed E-state index contributed by atoms with van der Waals surface area (Å²) in [5, 5.41) is 0. The van der Waals surface area contributed by atoms with Crippen LogP contribution < -0.4 is 5.73 Å². The van der Waals surface area contributed by atoms with Gasteiger partial charge in [0.25, 0.3) is 0 Å². The van der Waals surface area contributed by atoms with Crippen LogP contribution in [0.1, 0.15) is 35.9 Å². The Morgan fingerprint density at radius 3 is 2.63 bits per heavy atom. The third kappa shape index (κ3) is 2.72. The van der Waals surface area contributed by atoms with E-state index in [0.717, 1.165) is 29.0 Å². The highest BCUT2D eigenvalue weighted by molar-refractivity contribution is 7.89. The van der Waals surface area contributed by atoms with Crippen LogP contribution in [0, 0.1) is 13.8 Å². The molecule has 1 aliphatic heterocycles. The fourth-order valence-corrected chi connectivity index (χ4v) is 6.31. The molecule has 0 aliphatic carbocycles. The Hall–Kier alpha value is -0.430. The average molecular weight is 302 g/mol. The second-order valence-electron chi connectivity index (χ2n) is 5.28. The molecule has 1 aromatic heterocycles. The van der Waals surface area contributed by atoms with E-state index in [1.807, 2.05) is 20.8 Å². The molecule has 0 aromatic carbocycles. The molecule has 1 saturated heterocycles. The lowest BCUT2D eigenvalue weighted by Gasteiger charge is -2.38. The average Bonchev–Trinajstić information content (AvgIpc) is 2.68. The lowest BCUT2D eigenvalue weighted by atomic mass is 10.00. The number of piperidine rings is 1. The van der Waals surface area contributed by atoms with Crippen LogP contribution in [0.15, 0.2) is 11.0 Å². The zero-order valence-corrected chi connectivity index (χ0v) is 13.4. The van der Waals surface area contributed by atoms with Crippen molar-refractivity contribution in [3.05, 3.63) is 15.8 Å². The lowest BCUT2D eigenvalue weighted by Crippen LogP contribution is -2.51. The Kier molecular flexibility index (Phi) is 4.35. The van der Waals surface area contributed by atoms with Crippen LogP contribution in [0.2, 0.25) is 0 Å². The highest BCUT2D eigenvalue weighted by Crippen LogP contribution is 2.33. The van der Waals surface area contributed by atoms with E-state index in [1.165, 1.54) is 11.3 Å². The van der Waals surface area contributed by atoms with Crippen LogP contribution >= 0.6 is 11.3 Å². The van der Waals surface area contributed by atoms with Crippen molar-refractivity contribution in [1.82, 2.24) is 4.31 Å². The topological polar surface area (TPSA) is 63.4 Å². The SMILES string of the molecule is Cc1cc(S(=O)(=O)N2C(C)CCCC2CN)c(C)s1. The quantitative estimate of drug-likeness (QED) is 0.931. The first-order valence-electron chi connectivity index (χ1n) is 6.68. The smallest absolute Gasteiger partial charge is 0.244 e. The summed E-state index contributed by atoms with van der Waals surface area (Å²) in [7, 11) is -3.42. The summed E-state index contributed by atoms with van der Waals surface area (Å²) in [5.74, 6) is 0. The van der Waals surface area contributed by atoms with Crippen LogP contribution in [0.25, 0.3) is 0 Å². The number of sulfonamides is 1. The minimum absolute atomic E-state index is 0.0342. The molecule has 4 nitrogen and oxygen atoms in total. The first-order valence-corrected chi connectivity index (χ1v) is 8.94. The summed E-state index contributed by atoms with van der Waals surface area (Å²) < 4.78 is 27.4. The highest BCUT2D eigenvalue weighted by atomic mass is 32.2. The molecule has 1 fully saturated rings. The summed E-state index contributed by atoms with van der Waals surface area (Å²) in [4.78, 5) is 2.36. The Morgan fingerprint density at radius 2 is 2.11 bits per heavy atom. The molecule has 0 saturated carbocycles. The second kappa shape index (κ2) is 5.52. The first kappa shape index (κ1) is 15.0. The maximum absolute atomic E-state index is 12.9. The number of hydrogen-bond donors (Lipinski definition) is 1. The van der Waals surface area contributed by atoms with Crippen molar-refractivity contribution >= 4 is 21.4 Å². The van der Waals surface area contributed by atoms with Crippen molar-refractivity contribution in [3.63, 3.8) is 0 Å². The largest absolute Gasteiger partial charge is 0.329 e. The molecule has 2 atom stereocenters. The molecule has 6 heteroatoms. The molecular formula is C13H22N2O2S2. The summed E-state index contributed by atoms with van der Waals surface area (Å²) >= 11 is 1.53. The van der Waals surface area contributed by atoms with Gasteiger partial charge in [0, 0.05) is 28.4 Å². The molecule has 2 unspecified atom stereocenters. The van der Waals surface area contributed by atoms with E-state index in [0.29, 0.717) is 11.4 Å². The predicted molar refractivity (Wildman–Crippen MR) is 79.0 cm³/mol. The molecule has 0 spiro atoms. The van der Waals surface area contributed by atoms with Gasteiger partial charge in [-0.25, -0.2) is 8.42 Å². The molecule has 1 aromatic rings. The van der Waals surface area contributed by atoms with E-state index in [2.05, 4.69) is 0 Å². The fourth-order valence-electron chi connectivity index (χ4n) is 2.90. The van der Waals surface area contributed by atoms with Gasteiger partial charge in [-0.1, -0.05) is 6.42 Å². The standard InChI is InChI=1S/C13H22N2O2S2/c1-9-5-4-6-12(8-14)15(9)19(16,17)13-7-10(2)18-11(13)3/h7,9,12H,4-6,8,14H2,1-3H3. The highest BCUT2D eigenvalue weighted by Gasteiger charge is 2.38. The van der Waals surface area contributed by atoms with Gasteiger partial charge in [0.2, 0.25) is 10.0 Å². The van der Waals surface area contributed by atoms with Crippen molar-refractivity contribution < 1.29 is 8.42 Å². The van der Waals surface area contributed by atoms with Gasteiger partial charge in [0.05, 0.1) is 4.90 Å². The van der Waals surface area contributed by atoms with Crippen molar-refractivity contribution in [3.8, 4) is 0 Å². The normalized spacial score (nSPS) is 25.7. The van der Waals surface area contributed by atoms with Gasteiger partial charge < -0.3 is 5.73 Å². The minimum atomic E-state index is -3.42. The zero-order valence-electron chi connectivity index (χ0n) is 11.7. The Labute approximate surface area is 119 Å². The first-order chi connectivity index (χ1) is 8.87. The zero-order chi connectivity index (χ0) is 14.2. The van der Waals surface area contributed by atoms with Crippen LogP contribution in [0.3, 0.4) is 0 Å². The maximum Gasteiger partial charge on any atom is 0.244 e. The van der Waals surface area contributed by atoms with Gasteiger partial charge in [0.15, 0.2) is 0 Å². The fraction of sp³-hybridized carbons (Fsp3) is 0.692. The van der Waals surface area contributed by atoms with Crippen molar-refractivity contribution in [2.75, 3.05) is 6.54 Å². The molecule has 108 valence electrons. The number of aryl methyl sites for hydroxylation is 2. The predicted octanol–water partition coefficient (Wildman–Crippen LogP) is 2.26. The van der Waals surface area contributed by atoms with E-state index in [9.17, 15) is 8.42 Å². The molecule has 2 heterocycles. The molecule has 2 N–H and O–H groups in total. The van der Waals surface area contributed by atoms with E-state index in [4.69, 9.17) is 5.73 Å². The van der Waals surface area contributed by atoms with Gasteiger partial charge in [-0.3, -0.25) is 0 Å². The molecular weight excluding hydrogens is 280 g/mol. The maximum atomic E-state index is 12.9. The van der Waals surface area contributed by atoms with Crippen molar-refractivity contribution in [1.29, 1.82) is 0 Å². The van der Waals surface area contributed by atoms with Crippen LogP contribution in [-0.2, 0) is 10.0 Å². The Bertz CT molecular complexity index is 551. The second-order valence-corrected chi connectivity index (χ2v) is 8.55. The number of thiophene rings is 1. The molecule has 0 amide bonds. The van der Waals surface area contributed by atoms with E-state index in [-0.39, 0.29) is 12.1 Å². The number of nitrogens with two attached hydrogens (primary N) is 1. The van der Waals surface area contributed by atoms with E-state index >= 15 is 0 Å². The monoisotopic (exact) mass is 302 g/mol. The van der Waals surface area contributed by atoms with Gasteiger partial charge in [-0.15, -0.1) is 11.3 Å². The molecule has 0 bridgehead atoms. The molecule has 1 aliphatic rings. The minimum Gasteiger partial charge on any atom is -0.329 e.